The summed E-state index contributed by atoms with van der Waals surface area (Å²) in [5.74, 6) is -0.198. The lowest BCUT2D eigenvalue weighted by Gasteiger charge is -2.36. The highest BCUT2D eigenvalue weighted by molar-refractivity contribution is 7.10. The molecule has 6 rings (SSSR count). The summed E-state index contributed by atoms with van der Waals surface area (Å²) < 4.78 is 6.84. The van der Waals surface area contributed by atoms with Crippen molar-refractivity contribution in [2.75, 3.05) is 0 Å². The van der Waals surface area contributed by atoms with Crippen LogP contribution in [0.2, 0.25) is 0 Å². The maximum atomic E-state index is 13.8. The number of nitrogens with zero attached hydrogens (tertiary/aromatic N) is 4. The van der Waals surface area contributed by atoms with E-state index >= 15 is 0 Å². The van der Waals surface area contributed by atoms with Gasteiger partial charge < -0.3 is 4.74 Å². The molecule has 0 saturated heterocycles. The molecule has 1 atom stereocenters. The molecule has 8 heteroatoms. The number of para-hydroxylation sites is 1. The number of thiophene rings is 1. The number of carbonyl (C=O) groups is 1. The smallest absolute Gasteiger partial charge is 0.340 e. The predicted molar refractivity (Wildman–Crippen MR) is 154 cm³/mol. The van der Waals surface area contributed by atoms with Crippen molar-refractivity contribution < 1.29 is 9.53 Å². The highest BCUT2D eigenvalue weighted by Crippen LogP contribution is 2.45. The van der Waals surface area contributed by atoms with Crippen LogP contribution in [-0.4, -0.2) is 25.9 Å². The molecule has 3 aromatic heterocycles. The maximum absolute atomic E-state index is 13.8. The first kappa shape index (κ1) is 25.1. The van der Waals surface area contributed by atoms with Crippen molar-refractivity contribution >= 4 is 50.8 Å². The molecule has 39 heavy (non-hydrogen) atoms. The van der Waals surface area contributed by atoms with Crippen LogP contribution < -0.4 is 5.56 Å². The Morgan fingerprint density at radius 1 is 1.03 bits per heavy atom. The molecule has 0 spiro atoms. The molecule has 0 radical (unpaired) electrons. The highest BCUT2D eigenvalue weighted by atomic mass is 32.1. The number of rotatable bonds is 4. The van der Waals surface area contributed by atoms with Gasteiger partial charge in [-0.3, -0.25) is 4.79 Å². The van der Waals surface area contributed by atoms with E-state index in [9.17, 15) is 9.59 Å². The minimum Gasteiger partial charge on any atom is -0.439 e. The quantitative estimate of drug-likeness (QED) is 0.248. The van der Waals surface area contributed by atoms with Crippen molar-refractivity contribution in [1.29, 1.82) is 0 Å². The number of fused-ring (bicyclic) bond motifs is 3. The van der Waals surface area contributed by atoms with Gasteiger partial charge in [0, 0.05) is 10.3 Å². The standard InChI is InChI=1S/C31H28N4O3S/c1-31(2,3)20-15-19(16-21-9-8-14-39-21)28-24(17-20)27(22-10-4-6-12-25(22)32-28)30(37)38-18-35-29(36)23-11-5-7-13-26(23)33-34-35/h4-14,16,20H,15,17-18H2,1-3H3/b19-16-. The maximum Gasteiger partial charge on any atom is 0.340 e. The van der Waals surface area contributed by atoms with E-state index < -0.39 is 5.97 Å². The SMILES string of the molecule is CC(C)(C)C1C/C(=C/c2cccs2)c2nc3ccccc3c(C(=O)OCn3nnc4ccccc4c3=O)c2C1. The summed E-state index contributed by atoms with van der Waals surface area (Å²) in [6, 6.07) is 18.8. The molecule has 0 amide bonds. The minimum atomic E-state index is -0.503. The number of benzene rings is 2. The van der Waals surface area contributed by atoms with Gasteiger partial charge in [0.15, 0.2) is 6.73 Å². The number of esters is 1. The van der Waals surface area contributed by atoms with Crippen LogP contribution in [0.25, 0.3) is 33.5 Å². The van der Waals surface area contributed by atoms with Gasteiger partial charge in [0.2, 0.25) is 0 Å². The Balaban J connectivity index is 1.45. The van der Waals surface area contributed by atoms with E-state index in [0.717, 1.165) is 43.7 Å². The summed E-state index contributed by atoms with van der Waals surface area (Å²) in [5.41, 5.74) is 4.26. The van der Waals surface area contributed by atoms with Gasteiger partial charge in [-0.2, -0.15) is 4.68 Å². The van der Waals surface area contributed by atoms with Crippen LogP contribution in [0.3, 0.4) is 0 Å². The van der Waals surface area contributed by atoms with Crippen LogP contribution in [0, 0.1) is 11.3 Å². The number of pyridine rings is 1. The number of hydrogen-bond acceptors (Lipinski definition) is 7. The number of carbonyl (C=O) groups excluding carboxylic acids is 1. The molecule has 196 valence electrons. The molecule has 3 heterocycles. The molecule has 5 aromatic rings. The minimum absolute atomic E-state index is 0.0209. The number of ether oxygens (including phenoxy) is 1. The summed E-state index contributed by atoms with van der Waals surface area (Å²) in [7, 11) is 0. The van der Waals surface area contributed by atoms with Gasteiger partial charge in [-0.15, -0.1) is 16.4 Å². The van der Waals surface area contributed by atoms with Crippen molar-refractivity contribution in [3.63, 3.8) is 0 Å². The van der Waals surface area contributed by atoms with Crippen LogP contribution >= 0.6 is 11.3 Å². The molecule has 0 bridgehead atoms. The third-order valence-corrected chi connectivity index (χ3v) is 8.27. The molecule has 7 nitrogen and oxygen atoms in total. The van der Waals surface area contributed by atoms with E-state index in [-0.39, 0.29) is 17.7 Å². The van der Waals surface area contributed by atoms with Crippen LogP contribution in [0.1, 0.15) is 53.7 Å². The Labute approximate surface area is 229 Å². The average Bonchev–Trinajstić information content (AvgIpc) is 3.44. The molecule has 0 saturated carbocycles. The first-order chi connectivity index (χ1) is 18.8. The Hall–Kier alpha value is -4.17. The topological polar surface area (TPSA) is 87.0 Å². The summed E-state index contributed by atoms with van der Waals surface area (Å²) in [6.07, 6.45) is 3.78. The van der Waals surface area contributed by atoms with Gasteiger partial charge in [-0.25, -0.2) is 9.78 Å². The fraction of sp³-hybridized carbons (Fsp3) is 0.258. The summed E-state index contributed by atoms with van der Waals surface area (Å²) in [5, 5.41) is 11.3. The number of allylic oxidation sites excluding steroid dienone is 1. The highest BCUT2D eigenvalue weighted by Gasteiger charge is 2.35. The fourth-order valence-corrected chi connectivity index (χ4v) is 5.90. The van der Waals surface area contributed by atoms with E-state index in [2.05, 4.69) is 48.6 Å². The Morgan fingerprint density at radius 3 is 2.51 bits per heavy atom. The Kier molecular flexibility index (Phi) is 6.35. The first-order valence-electron chi connectivity index (χ1n) is 13.0. The monoisotopic (exact) mass is 536 g/mol. The third-order valence-electron chi connectivity index (χ3n) is 7.45. The second-order valence-electron chi connectivity index (χ2n) is 11.0. The lowest BCUT2D eigenvalue weighted by atomic mass is 9.69. The molecular weight excluding hydrogens is 508 g/mol. The predicted octanol–water partition coefficient (Wildman–Crippen LogP) is 6.36. The van der Waals surface area contributed by atoms with Gasteiger partial charge >= 0.3 is 5.97 Å². The lowest BCUT2D eigenvalue weighted by molar-refractivity contribution is 0.0336. The zero-order chi connectivity index (χ0) is 27.1. The van der Waals surface area contributed by atoms with Crippen molar-refractivity contribution in [1.82, 2.24) is 20.0 Å². The fourth-order valence-electron chi connectivity index (χ4n) is 5.21. The van der Waals surface area contributed by atoms with E-state index in [1.807, 2.05) is 30.3 Å². The number of aromatic nitrogens is 4. The van der Waals surface area contributed by atoms with Crippen molar-refractivity contribution in [2.24, 2.45) is 11.3 Å². The molecule has 0 aliphatic heterocycles. The van der Waals surface area contributed by atoms with Crippen molar-refractivity contribution in [3.8, 4) is 0 Å². The van der Waals surface area contributed by atoms with Crippen molar-refractivity contribution in [2.45, 2.75) is 40.3 Å². The van der Waals surface area contributed by atoms with Crippen LogP contribution in [0.4, 0.5) is 0 Å². The molecule has 1 aliphatic rings. The van der Waals surface area contributed by atoms with Gasteiger partial charge in [0.05, 0.1) is 22.2 Å². The van der Waals surface area contributed by atoms with E-state index in [1.54, 1.807) is 35.6 Å². The van der Waals surface area contributed by atoms with Crippen LogP contribution in [0.5, 0.6) is 0 Å². The second kappa shape index (κ2) is 9.85. The van der Waals surface area contributed by atoms with Gasteiger partial charge in [-0.05, 0) is 71.0 Å². The Bertz CT molecular complexity index is 1800. The van der Waals surface area contributed by atoms with Crippen LogP contribution in [-0.2, 0) is 17.9 Å². The van der Waals surface area contributed by atoms with Crippen molar-refractivity contribution in [3.05, 3.63) is 98.1 Å². The molecule has 1 unspecified atom stereocenters. The van der Waals surface area contributed by atoms with E-state index in [4.69, 9.17) is 9.72 Å². The largest absolute Gasteiger partial charge is 0.439 e. The Morgan fingerprint density at radius 2 is 1.77 bits per heavy atom. The summed E-state index contributed by atoms with van der Waals surface area (Å²) in [4.78, 5) is 33.0. The summed E-state index contributed by atoms with van der Waals surface area (Å²) in [6.45, 7) is 6.38. The molecule has 0 N–H and O–H groups in total. The average molecular weight is 537 g/mol. The van der Waals surface area contributed by atoms with E-state index in [0.29, 0.717) is 28.8 Å². The van der Waals surface area contributed by atoms with Gasteiger partial charge in [-0.1, -0.05) is 62.4 Å². The normalized spacial score (nSPS) is 16.5. The molecule has 1 aliphatic carbocycles. The zero-order valence-corrected chi connectivity index (χ0v) is 22.9. The molecule has 0 fully saturated rings. The molecule has 2 aromatic carbocycles. The number of hydrogen-bond donors (Lipinski definition) is 0. The van der Waals surface area contributed by atoms with Gasteiger partial charge in [0.1, 0.15) is 5.52 Å². The second-order valence-corrected chi connectivity index (χ2v) is 11.9. The summed E-state index contributed by atoms with van der Waals surface area (Å²) >= 11 is 1.68. The molecular formula is C31H28N4O3S. The zero-order valence-electron chi connectivity index (χ0n) is 22.0. The first-order valence-corrected chi connectivity index (χ1v) is 13.8. The van der Waals surface area contributed by atoms with Gasteiger partial charge in [0.25, 0.3) is 5.56 Å². The lowest BCUT2D eigenvalue weighted by Crippen LogP contribution is -2.29. The van der Waals surface area contributed by atoms with Crippen LogP contribution in [0.15, 0.2) is 70.8 Å². The van der Waals surface area contributed by atoms with E-state index in [1.165, 1.54) is 0 Å². The third kappa shape index (κ3) is 4.76.